The Morgan fingerprint density at radius 3 is 3.00 bits per heavy atom. The van der Waals surface area contributed by atoms with E-state index in [0.717, 1.165) is 0 Å². The van der Waals surface area contributed by atoms with Crippen molar-refractivity contribution < 1.29 is 0 Å². The molecule has 1 heteroatoms. The maximum absolute atomic E-state index is 2.40. The molecule has 1 aliphatic carbocycles. The van der Waals surface area contributed by atoms with Crippen LogP contribution in [0.5, 0.6) is 0 Å². The molecule has 0 saturated heterocycles. The van der Waals surface area contributed by atoms with Crippen LogP contribution in [0.3, 0.4) is 0 Å². The molecule has 3 rings (SSSR count). The van der Waals surface area contributed by atoms with E-state index >= 15 is 0 Å². The second-order valence-corrected chi connectivity index (χ2v) is 4.16. The largest absolute Gasteiger partial charge is 0.344 e. The lowest BCUT2D eigenvalue weighted by atomic mass is 10.0. The van der Waals surface area contributed by atoms with Gasteiger partial charge in [-0.2, -0.15) is 0 Å². The average Bonchev–Trinajstić information content (AvgIpc) is 2.61. The summed E-state index contributed by atoms with van der Waals surface area (Å²) in [6, 6.07) is 4.44. The van der Waals surface area contributed by atoms with Crippen molar-refractivity contribution in [1.29, 1.82) is 0 Å². The zero-order valence-electron chi connectivity index (χ0n) is 7.92. The fraction of sp³-hybridized carbons (Fsp3) is 0.500. The van der Waals surface area contributed by atoms with Gasteiger partial charge in [0.2, 0.25) is 0 Å². The van der Waals surface area contributed by atoms with Gasteiger partial charge in [0.25, 0.3) is 0 Å². The standard InChI is InChI=1S/C12H15N/c1-2-5-10-9-13-8-4-7-12(13)11(10)6-3-1/h4,7-8H,1-3,5-6,9H2. The van der Waals surface area contributed by atoms with E-state index in [0.29, 0.717) is 0 Å². The molecule has 1 nitrogen and oxygen atoms in total. The van der Waals surface area contributed by atoms with E-state index in [2.05, 4.69) is 22.9 Å². The molecule has 0 radical (unpaired) electrons. The van der Waals surface area contributed by atoms with Crippen molar-refractivity contribution >= 4 is 5.57 Å². The van der Waals surface area contributed by atoms with E-state index in [1.54, 1.807) is 11.1 Å². The van der Waals surface area contributed by atoms with Crippen molar-refractivity contribution in [2.75, 3.05) is 0 Å². The minimum atomic E-state index is 1.18. The van der Waals surface area contributed by atoms with Gasteiger partial charge in [-0.25, -0.2) is 0 Å². The highest BCUT2D eigenvalue weighted by atomic mass is 15.0. The van der Waals surface area contributed by atoms with E-state index in [9.17, 15) is 0 Å². The van der Waals surface area contributed by atoms with Gasteiger partial charge in [-0.05, 0) is 49.0 Å². The predicted molar refractivity (Wildman–Crippen MR) is 54.4 cm³/mol. The molecular weight excluding hydrogens is 158 g/mol. The normalized spacial score (nSPS) is 21.2. The molecule has 0 amide bonds. The Balaban J connectivity index is 2.04. The smallest absolute Gasteiger partial charge is 0.0442 e. The Labute approximate surface area is 79.1 Å². The van der Waals surface area contributed by atoms with Crippen LogP contribution < -0.4 is 0 Å². The van der Waals surface area contributed by atoms with Gasteiger partial charge in [-0.15, -0.1) is 0 Å². The van der Waals surface area contributed by atoms with Gasteiger partial charge in [0.05, 0.1) is 0 Å². The Bertz CT molecular complexity index is 357. The molecule has 1 aromatic heterocycles. The lowest BCUT2D eigenvalue weighted by Gasteiger charge is -2.01. The summed E-state index contributed by atoms with van der Waals surface area (Å²) in [5.41, 5.74) is 4.88. The fourth-order valence-electron chi connectivity index (χ4n) is 2.66. The molecular formula is C12H15N. The van der Waals surface area contributed by atoms with Crippen molar-refractivity contribution in [3.63, 3.8) is 0 Å². The average molecular weight is 173 g/mol. The van der Waals surface area contributed by atoms with Crippen LogP contribution in [0, 0.1) is 0 Å². The molecule has 0 N–H and O–H groups in total. The first-order chi connectivity index (χ1) is 6.45. The molecule has 0 saturated carbocycles. The second-order valence-electron chi connectivity index (χ2n) is 4.16. The van der Waals surface area contributed by atoms with Crippen molar-refractivity contribution in [2.24, 2.45) is 0 Å². The molecule has 2 heterocycles. The first-order valence-electron chi connectivity index (χ1n) is 5.31. The van der Waals surface area contributed by atoms with E-state index in [4.69, 9.17) is 0 Å². The summed E-state index contributed by atoms with van der Waals surface area (Å²) in [5.74, 6) is 0. The SMILES string of the molecule is c1cc2n(c1)CC1=C2CCCCC1. The van der Waals surface area contributed by atoms with Crippen LogP contribution in [0.15, 0.2) is 23.9 Å². The quantitative estimate of drug-likeness (QED) is 0.567. The van der Waals surface area contributed by atoms with Crippen LogP contribution in [0.2, 0.25) is 0 Å². The van der Waals surface area contributed by atoms with Gasteiger partial charge in [0.15, 0.2) is 0 Å². The highest BCUT2D eigenvalue weighted by molar-refractivity contribution is 5.70. The van der Waals surface area contributed by atoms with Gasteiger partial charge in [0.1, 0.15) is 0 Å². The molecule has 0 unspecified atom stereocenters. The highest BCUT2D eigenvalue weighted by Crippen LogP contribution is 2.36. The van der Waals surface area contributed by atoms with Gasteiger partial charge in [-0.3, -0.25) is 0 Å². The lowest BCUT2D eigenvalue weighted by Crippen LogP contribution is -1.93. The van der Waals surface area contributed by atoms with E-state index in [1.165, 1.54) is 44.3 Å². The van der Waals surface area contributed by atoms with Crippen molar-refractivity contribution in [3.8, 4) is 0 Å². The minimum absolute atomic E-state index is 1.18. The Morgan fingerprint density at radius 2 is 2.00 bits per heavy atom. The topological polar surface area (TPSA) is 4.93 Å². The number of hydrogen-bond acceptors (Lipinski definition) is 0. The van der Waals surface area contributed by atoms with Crippen molar-refractivity contribution in [2.45, 2.75) is 38.6 Å². The maximum atomic E-state index is 2.40. The molecule has 1 aromatic rings. The molecule has 0 spiro atoms. The number of hydrogen-bond donors (Lipinski definition) is 0. The zero-order valence-corrected chi connectivity index (χ0v) is 7.92. The Kier molecular flexibility index (Phi) is 1.58. The first kappa shape index (κ1) is 7.43. The molecule has 68 valence electrons. The van der Waals surface area contributed by atoms with Gasteiger partial charge < -0.3 is 4.57 Å². The highest BCUT2D eigenvalue weighted by Gasteiger charge is 2.21. The summed E-state index contributed by atoms with van der Waals surface area (Å²) in [6.45, 7) is 1.18. The van der Waals surface area contributed by atoms with Crippen LogP contribution >= 0.6 is 0 Å². The molecule has 0 bridgehead atoms. The summed E-state index contributed by atoms with van der Waals surface area (Å²) >= 11 is 0. The number of rotatable bonds is 0. The van der Waals surface area contributed by atoms with Crippen molar-refractivity contribution in [3.05, 3.63) is 29.6 Å². The van der Waals surface area contributed by atoms with E-state index < -0.39 is 0 Å². The van der Waals surface area contributed by atoms with E-state index in [-0.39, 0.29) is 0 Å². The van der Waals surface area contributed by atoms with Crippen LogP contribution in [-0.4, -0.2) is 4.57 Å². The third-order valence-corrected chi connectivity index (χ3v) is 3.33. The summed E-state index contributed by atoms with van der Waals surface area (Å²) in [5, 5.41) is 0. The number of aromatic nitrogens is 1. The van der Waals surface area contributed by atoms with Gasteiger partial charge in [0, 0.05) is 18.4 Å². The van der Waals surface area contributed by atoms with Gasteiger partial charge >= 0.3 is 0 Å². The maximum Gasteiger partial charge on any atom is 0.0442 e. The summed E-state index contributed by atoms with van der Waals surface area (Å²) in [7, 11) is 0. The molecule has 1 aliphatic heterocycles. The summed E-state index contributed by atoms with van der Waals surface area (Å²) in [4.78, 5) is 0. The van der Waals surface area contributed by atoms with E-state index in [1.807, 2.05) is 0 Å². The first-order valence-corrected chi connectivity index (χ1v) is 5.31. The lowest BCUT2D eigenvalue weighted by molar-refractivity contribution is 0.680. The van der Waals surface area contributed by atoms with Crippen LogP contribution in [0.25, 0.3) is 5.57 Å². The Morgan fingerprint density at radius 1 is 1.08 bits per heavy atom. The zero-order chi connectivity index (χ0) is 8.67. The molecule has 13 heavy (non-hydrogen) atoms. The van der Waals surface area contributed by atoms with Crippen LogP contribution in [-0.2, 0) is 6.54 Å². The second kappa shape index (κ2) is 2.76. The third-order valence-electron chi connectivity index (χ3n) is 3.33. The molecule has 0 fully saturated rings. The monoisotopic (exact) mass is 173 g/mol. The summed E-state index contributed by atoms with van der Waals surface area (Å²) < 4.78 is 2.40. The Hall–Kier alpha value is -0.980. The molecule has 0 atom stereocenters. The summed E-state index contributed by atoms with van der Waals surface area (Å²) in [6.07, 6.45) is 9.10. The van der Waals surface area contributed by atoms with Crippen LogP contribution in [0.1, 0.15) is 37.8 Å². The number of allylic oxidation sites excluding steroid dienone is 2. The molecule has 0 aromatic carbocycles. The van der Waals surface area contributed by atoms with Crippen LogP contribution in [0.4, 0.5) is 0 Å². The third kappa shape index (κ3) is 1.06. The van der Waals surface area contributed by atoms with Gasteiger partial charge in [-0.1, -0.05) is 6.42 Å². The fourth-order valence-corrected chi connectivity index (χ4v) is 2.66. The number of nitrogens with zero attached hydrogens (tertiary/aromatic N) is 1. The van der Waals surface area contributed by atoms with Crippen molar-refractivity contribution in [1.82, 2.24) is 4.57 Å². The predicted octanol–water partition coefficient (Wildman–Crippen LogP) is 3.22. The number of fused-ring (bicyclic) bond motifs is 2. The minimum Gasteiger partial charge on any atom is -0.344 e. The molecule has 2 aliphatic rings.